The smallest absolute Gasteiger partial charge is 0.0553 e. The molecule has 0 aliphatic rings. The van der Waals surface area contributed by atoms with Crippen molar-refractivity contribution < 1.29 is 4.74 Å². The van der Waals surface area contributed by atoms with E-state index in [2.05, 4.69) is 6.07 Å². The summed E-state index contributed by atoms with van der Waals surface area (Å²) in [5.41, 5.74) is 7.18. The first kappa shape index (κ1) is 13.8. The van der Waals surface area contributed by atoms with Crippen LogP contribution in [0.1, 0.15) is 17.7 Å². The van der Waals surface area contributed by atoms with Crippen LogP contribution in [0.25, 0.3) is 0 Å². The van der Waals surface area contributed by atoms with Gasteiger partial charge in [0, 0.05) is 29.2 Å². The highest BCUT2D eigenvalue weighted by Gasteiger charge is 2.16. The van der Waals surface area contributed by atoms with Crippen molar-refractivity contribution in [3.8, 4) is 0 Å². The van der Waals surface area contributed by atoms with Crippen molar-refractivity contribution >= 4 is 23.4 Å². The van der Waals surface area contributed by atoms with E-state index in [4.69, 9.17) is 22.1 Å². The number of hydrogen-bond acceptors (Lipinski definition) is 3. The van der Waals surface area contributed by atoms with Crippen LogP contribution < -0.4 is 5.73 Å². The zero-order valence-electron chi connectivity index (χ0n) is 9.65. The number of methoxy groups -OCH3 is 1. The number of rotatable bonds is 6. The van der Waals surface area contributed by atoms with Crippen LogP contribution in [-0.4, -0.2) is 25.5 Å². The van der Waals surface area contributed by atoms with Gasteiger partial charge in [-0.15, -0.1) is 11.8 Å². The molecule has 0 fully saturated rings. The van der Waals surface area contributed by atoms with Gasteiger partial charge in [-0.1, -0.05) is 23.7 Å². The molecule has 0 bridgehead atoms. The monoisotopic (exact) mass is 259 g/mol. The lowest BCUT2D eigenvalue weighted by atomic mass is 10.1. The highest BCUT2D eigenvalue weighted by atomic mass is 35.5. The van der Waals surface area contributed by atoms with E-state index in [0.717, 1.165) is 17.4 Å². The normalized spacial score (nSPS) is 14.8. The fourth-order valence-electron chi connectivity index (χ4n) is 1.49. The molecule has 1 aromatic rings. The summed E-state index contributed by atoms with van der Waals surface area (Å²) in [5.74, 6) is 0.940. The molecule has 0 aliphatic heterocycles. The molecule has 0 aliphatic carbocycles. The number of halogens is 1. The molecular weight excluding hydrogens is 242 g/mol. The van der Waals surface area contributed by atoms with Gasteiger partial charge in [0.05, 0.1) is 6.61 Å². The molecule has 1 aromatic carbocycles. The van der Waals surface area contributed by atoms with Crippen molar-refractivity contribution in [2.45, 2.75) is 18.2 Å². The Balaban J connectivity index is 2.69. The second-order valence-corrected chi connectivity index (χ2v) is 5.38. The minimum absolute atomic E-state index is 0.0975. The number of nitrogens with two attached hydrogens (primary N) is 1. The maximum Gasteiger partial charge on any atom is 0.0553 e. The Bertz CT molecular complexity index is 320. The van der Waals surface area contributed by atoms with Gasteiger partial charge in [0.2, 0.25) is 0 Å². The van der Waals surface area contributed by atoms with Crippen molar-refractivity contribution in [1.82, 2.24) is 0 Å². The maximum atomic E-state index is 6.00. The van der Waals surface area contributed by atoms with E-state index in [-0.39, 0.29) is 11.3 Å². The van der Waals surface area contributed by atoms with E-state index in [0.29, 0.717) is 0 Å². The second-order valence-electron chi connectivity index (χ2n) is 3.70. The topological polar surface area (TPSA) is 35.2 Å². The quantitative estimate of drug-likeness (QED) is 0.798. The van der Waals surface area contributed by atoms with Gasteiger partial charge in [0.1, 0.15) is 0 Å². The van der Waals surface area contributed by atoms with Crippen molar-refractivity contribution in [2.24, 2.45) is 5.73 Å². The van der Waals surface area contributed by atoms with Crippen LogP contribution in [0.3, 0.4) is 0 Å². The molecule has 90 valence electrons. The van der Waals surface area contributed by atoms with Crippen LogP contribution in [0.15, 0.2) is 24.3 Å². The fraction of sp³-hybridized carbons (Fsp3) is 0.500. The predicted octanol–water partition coefficient (Wildman–Crippen LogP) is 3.11. The molecule has 2 nitrogen and oxygen atoms in total. The first-order valence-corrected chi connectivity index (χ1v) is 6.69. The van der Waals surface area contributed by atoms with Crippen molar-refractivity contribution in [3.05, 3.63) is 34.9 Å². The van der Waals surface area contributed by atoms with Crippen LogP contribution in [0.4, 0.5) is 0 Å². The zero-order chi connectivity index (χ0) is 12.0. The van der Waals surface area contributed by atoms with Crippen molar-refractivity contribution in [3.63, 3.8) is 0 Å². The predicted molar refractivity (Wildman–Crippen MR) is 72.2 cm³/mol. The lowest BCUT2D eigenvalue weighted by Crippen LogP contribution is -2.23. The molecule has 16 heavy (non-hydrogen) atoms. The Hall–Kier alpha value is -0.220. The zero-order valence-corrected chi connectivity index (χ0v) is 11.2. The number of thioether (sulfide) groups is 1. The first-order valence-electron chi connectivity index (χ1n) is 5.26. The Morgan fingerprint density at radius 1 is 1.50 bits per heavy atom. The summed E-state index contributed by atoms with van der Waals surface area (Å²) >= 11 is 7.79. The third kappa shape index (κ3) is 4.34. The lowest BCUT2D eigenvalue weighted by Gasteiger charge is -2.20. The van der Waals surface area contributed by atoms with Gasteiger partial charge in [0.15, 0.2) is 0 Å². The third-order valence-corrected chi connectivity index (χ3v) is 3.94. The summed E-state index contributed by atoms with van der Waals surface area (Å²) in [4.78, 5) is 0. The molecule has 2 unspecified atom stereocenters. The van der Waals surface area contributed by atoms with E-state index in [1.165, 1.54) is 5.56 Å². The average Bonchev–Trinajstić information content (AvgIpc) is 2.24. The molecule has 4 heteroatoms. The Morgan fingerprint density at radius 3 is 2.81 bits per heavy atom. The summed E-state index contributed by atoms with van der Waals surface area (Å²) in [6.45, 7) is 2.76. The Morgan fingerprint density at radius 2 is 2.25 bits per heavy atom. The Kier molecular flexibility index (Phi) is 6.21. The van der Waals surface area contributed by atoms with Crippen LogP contribution in [-0.2, 0) is 4.74 Å². The number of ether oxygens (including phenoxy) is 1. The van der Waals surface area contributed by atoms with Gasteiger partial charge in [-0.05, 0) is 24.6 Å². The average molecular weight is 260 g/mol. The maximum absolute atomic E-state index is 6.00. The van der Waals surface area contributed by atoms with Gasteiger partial charge in [-0.3, -0.25) is 0 Å². The fourth-order valence-corrected chi connectivity index (χ4v) is 2.85. The molecule has 0 saturated heterocycles. The van der Waals surface area contributed by atoms with Gasteiger partial charge in [0.25, 0.3) is 0 Å². The molecule has 0 heterocycles. The van der Waals surface area contributed by atoms with Crippen LogP contribution in [0.5, 0.6) is 0 Å². The summed E-state index contributed by atoms with van der Waals surface area (Å²) in [5, 5.41) is 1.03. The summed E-state index contributed by atoms with van der Waals surface area (Å²) in [6.07, 6.45) is 0. The highest BCUT2D eigenvalue weighted by Crippen LogP contribution is 2.32. The SMILES string of the molecule is COCCSC(c1cccc(Cl)c1)C(C)N. The largest absolute Gasteiger partial charge is 0.384 e. The van der Waals surface area contributed by atoms with E-state index in [9.17, 15) is 0 Å². The third-order valence-electron chi connectivity index (χ3n) is 2.24. The summed E-state index contributed by atoms with van der Waals surface area (Å²) in [7, 11) is 1.71. The Labute approximate surface area is 107 Å². The molecule has 0 saturated carbocycles. The molecule has 2 atom stereocenters. The first-order chi connectivity index (χ1) is 7.65. The molecule has 1 rings (SSSR count). The highest BCUT2D eigenvalue weighted by molar-refractivity contribution is 7.99. The van der Waals surface area contributed by atoms with Gasteiger partial charge >= 0.3 is 0 Å². The molecule has 2 N–H and O–H groups in total. The number of hydrogen-bond donors (Lipinski definition) is 1. The summed E-state index contributed by atoms with van der Waals surface area (Å²) < 4.78 is 5.04. The van der Waals surface area contributed by atoms with Crippen molar-refractivity contribution in [2.75, 3.05) is 19.5 Å². The minimum atomic E-state index is 0.0975. The number of benzene rings is 1. The van der Waals surface area contributed by atoms with Gasteiger partial charge < -0.3 is 10.5 Å². The van der Waals surface area contributed by atoms with Gasteiger partial charge in [-0.2, -0.15) is 0 Å². The second kappa shape index (κ2) is 7.17. The minimum Gasteiger partial charge on any atom is -0.384 e. The van der Waals surface area contributed by atoms with E-state index in [1.54, 1.807) is 7.11 Å². The van der Waals surface area contributed by atoms with Crippen LogP contribution >= 0.6 is 23.4 Å². The lowest BCUT2D eigenvalue weighted by molar-refractivity contribution is 0.218. The van der Waals surface area contributed by atoms with Crippen LogP contribution in [0, 0.1) is 0 Å². The van der Waals surface area contributed by atoms with Gasteiger partial charge in [-0.25, -0.2) is 0 Å². The van der Waals surface area contributed by atoms with E-state index >= 15 is 0 Å². The van der Waals surface area contributed by atoms with Crippen LogP contribution in [0.2, 0.25) is 5.02 Å². The molecular formula is C12H18ClNOS. The molecule has 0 spiro atoms. The molecule has 0 amide bonds. The van der Waals surface area contributed by atoms with Crippen molar-refractivity contribution in [1.29, 1.82) is 0 Å². The molecule has 0 aromatic heterocycles. The van der Waals surface area contributed by atoms with E-state index in [1.807, 2.05) is 36.9 Å². The standard InChI is InChI=1S/C12H18ClNOS/c1-9(14)12(16-7-6-15-2)10-4-3-5-11(13)8-10/h3-5,8-9,12H,6-7,14H2,1-2H3. The summed E-state index contributed by atoms with van der Waals surface area (Å²) in [6, 6.07) is 7.99. The van der Waals surface area contributed by atoms with E-state index < -0.39 is 0 Å². The molecule has 0 radical (unpaired) electrons.